The number of halogens is 1. The first-order valence-corrected chi connectivity index (χ1v) is 8.97. The Morgan fingerprint density at radius 2 is 2.15 bits per heavy atom. The van der Waals surface area contributed by atoms with Crippen LogP contribution in [0.2, 0.25) is 5.02 Å². The van der Waals surface area contributed by atoms with E-state index in [1.54, 1.807) is 0 Å². The van der Waals surface area contributed by atoms with Gasteiger partial charge in [0.05, 0.1) is 0 Å². The lowest BCUT2D eigenvalue weighted by Crippen LogP contribution is -2.29. The Morgan fingerprint density at radius 3 is 3.00 bits per heavy atom. The molecule has 0 atom stereocenters. The molecule has 2 heterocycles. The molecule has 2 aromatic carbocycles. The van der Waals surface area contributed by atoms with Crippen LogP contribution in [0.25, 0.3) is 10.9 Å². The van der Waals surface area contributed by atoms with Crippen LogP contribution in [0.5, 0.6) is 5.75 Å². The fourth-order valence-electron chi connectivity index (χ4n) is 3.52. The minimum Gasteiger partial charge on any atom is -0.484 e. The first-order chi connectivity index (χ1) is 12.6. The lowest BCUT2D eigenvalue weighted by Gasteiger charge is -2.27. The highest BCUT2D eigenvalue weighted by Gasteiger charge is 2.21. The van der Waals surface area contributed by atoms with E-state index < -0.39 is 5.91 Å². The number of nitrogens with two attached hydrogens (primary N) is 1. The smallest absolute Gasteiger partial charge is 0.255 e. The number of nitrogens with one attached hydrogen (secondary N) is 1. The van der Waals surface area contributed by atoms with Crippen molar-refractivity contribution in [2.45, 2.75) is 19.5 Å². The minimum atomic E-state index is -0.475. The Balaban J connectivity index is 1.51. The maximum Gasteiger partial charge on any atom is 0.255 e. The highest BCUT2D eigenvalue weighted by Crippen LogP contribution is 2.30. The van der Waals surface area contributed by atoms with E-state index in [9.17, 15) is 4.79 Å². The standard InChI is InChI=1S/C20H20ClN3O2/c21-14-4-5-18-16(9-14)17-11-24(7-6-19(17)23-18)10-13-2-1-3-15(8-13)26-12-20(22)25/h1-5,8-9,23H,6-7,10-12H2,(H2,22,25). The fourth-order valence-corrected chi connectivity index (χ4v) is 3.70. The first-order valence-electron chi connectivity index (χ1n) is 8.60. The van der Waals surface area contributed by atoms with Gasteiger partial charge >= 0.3 is 0 Å². The molecule has 3 N–H and O–H groups in total. The second-order valence-electron chi connectivity index (χ2n) is 6.64. The number of primary amides is 1. The van der Waals surface area contributed by atoms with Crippen LogP contribution in [0.4, 0.5) is 0 Å². The molecule has 4 rings (SSSR count). The number of carbonyl (C=O) groups is 1. The second-order valence-corrected chi connectivity index (χ2v) is 7.07. The number of aromatic nitrogens is 1. The molecule has 0 saturated heterocycles. The molecule has 0 aliphatic carbocycles. The van der Waals surface area contributed by atoms with Crippen molar-refractivity contribution in [2.75, 3.05) is 13.2 Å². The molecule has 0 spiro atoms. The number of hydrogen-bond donors (Lipinski definition) is 2. The van der Waals surface area contributed by atoms with Crippen LogP contribution < -0.4 is 10.5 Å². The van der Waals surface area contributed by atoms with E-state index in [0.717, 1.165) is 42.2 Å². The number of H-pyrrole nitrogens is 1. The van der Waals surface area contributed by atoms with E-state index in [0.29, 0.717) is 5.75 Å². The number of nitrogens with zero attached hydrogens (tertiary/aromatic N) is 1. The van der Waals surface area contributed by atoms with Crippen molar-refractivity contribution in [3.63, 3.8) is 0 Å². The van der Waals surface area contributed by atoms with E-state index in [1.165, 1.54) is 16.6 Å². The Morgan fingerprint density at radius 1 is 1.27 bits per heavy atom. The number of hydrogen-bond acceptors (Lipinski definition) is 3. The zero-order valence-corrected chi connectivity index (χ0v) is 15.1. The van der Waals surface area contributed by atoms with Crippen molar-refractivity contribution < 1.29 is 9.53 Å². The van der Waals surface area contributed by atoms with Crippen LogP contribution in [-0.4, -0.2) is 28.9 Å². The van der Waals surface area contributed by atoms with Crippen molar-refractivity contribution in [1.29, 1.82) is 0 Å². The summed E-state index contributed by atoms with van der Waals surface area (Å²) in [5, 5.41) is 1.96. The van der Waals surface area contributed by atoms with E-state index in [1.807, 2.05) is 36.4 Å². The van der Waals surface area contributed by atoms with Gasteiger partial charge in [-0.05, 0) is 41.5 Å². The molecule has 134 valence electrons. The van der Waals surface area contributed by atoms with Gasteiger partial charge in [0.2, 0.25) is 0 Å². The van der Waals surface area contributed by atoms with Crippen LogP contribution in [0.3, 0.4) is 0 Å². The van der Waals surface area contributed by atoms with Crippen LogP contribution in [-0.2, 0) is 24.3 Å². The molecule has 0 fully saturated rings. The van der Waals surface area contributed by atoms with Crippen molar-refractivity contribution in [3.05, 3.63) is 64.3 Å². The molecule has 26 heavy (non-hydrogen) atoms. The molecular formula is C20H20ClN3O2. The largest absolute Gasteiger partial charge is 0.484 e. The van der Waals surface area contributed by atoms with Gasteiger partial charge in [0.15, 0.2) is 6.61 Å². The summed E-state index contributed by atoms with van der Waals surface area (Å²) in [6.45, 7) is 2.58. The molecular weight excluding hydrogens is 350 g/mol. The molecule has 6 heteroatoms. The van der Waals surface area contributed by atoms with Gasteiger partial charge < -0.3 is 15.5 Å². The molecule has 1 aromatic heterocycles. The van der Waals surface area contributed by atoms with E-state index in [-0.39, 0.29) is 6.61 Å². The van der Waals surface area contributed by atoms with Crippen LogP contribution in [0.1, 0.15) is 16.8 Å². The number of amides is 1. The number of fused-ring (bicyclic) bond motifs is 3. The average molecular weight is 370 g/mol. The predicted octanol–water partition coefficient (Wildman–Crippen LogP) is 3.24. The van der Waals surface area contributed by atoms with Gasteiger partial charge in [-0.3, -0.25) is 9.69 Å². The number of aromatic amines is 1. The van der Waals surface area contributed by atoms with E-state index in [2.05, 4.69) is 16.0 Å². The minimum absolute atomic E-state index is 0.105. The highest BCUT2D eigenvalue weighted by atomic mass is 35.5. The molecule has 1 aliphatic rings. The van der Waals surface area contributed by atoms with Crippen LogP contribution in [0, 0.1) is 0 Å². The number of rotatable bonds is 5. The van der Waals surface area contributed by atoms with Gasteiger partial charge in [-0.2, -0.15) is 0 Å². The van der Waals surface area contributed by atoms with Gasteiger partial charge in [0.25, 0.3) is 5.91 Å². The Labute approximate surface area is 156 Å². The Bertz CT molecular complexity index is 967. The fraction of sp³-hybridized carbons (Fsp3) is 0.250. The van der Waals surface area contributed by atoms with Gasteiger partial charge in [-0.15, -0.1) is 0 Å². The van der Waals surface area contributed by atoms with Gasteiger partial charge in [0.1, 0.15) is 5.75 Å². The number of carbonyl (C=O) groups excluding carboxylic acids is 1. The predicted molar refractivity (Wildman–Crippen MR) is 102 cm³/mol. The maximum atomic E-state index is 10.9. The third-order valence-corrected chi connectivity index (χ3v) is 4.94. The number of benzene rings is 2. The van der Waals surface area contributed by atoms with Crippen LogP contribution in [0.15, 0.2) is 42.5 Å². The molecule has 0 bridgehead atoms. The van der Waals surface area contributed by atoms with Crippen molar-refractivity contribution in [1.82, 2.24) is 9.88 Å². The average Bonchev–Trinajstić information content (AvgIpc) is 2.98. The zero-order chi connectivity index (χ0) is 18.1. The summed E-state index contributed by atoms with van der Waals surface area (Å²) in [4.78, 5) is 16.8. The van der Waals surface area contributed by atoms with Crippen molar-refractivity contribution in [2.24, 2.45) is 5.73 Å². The summed E-state index contributed by atoms with van der Waals surface area (Å²) in [6, 6.07) is 13.8. The van der Waals surface area contributed by atoms with Gasteiger partial charge in [-0.25, -0.2) is 0 Å². The topological polar surface area (TPSA) is 71.4 Å². The first kappa shape index (κ1) is 16.9. The monoisotopic (exact) mass is 369 g/mol. The zero-order valence-electron chi connectivity index (χ0n) is 14.3. The van der Waals surface area contributed by atoms with E-state index >= 15 is 0 Å². The van der Waals surface area contributed by atoms with E-state index in [4.69, 9.17) is 22.1 Å². The SMILES string of the molecule is NC(=O)COc1cccc(CN2CCc3[nH]c4ccc(Cl)cc4c3C2)c1. The molecule has 0 saturated carbocycles. The van der Waals surface area contributed by atoms with Crippen molar-refractivity contribution in [3.8, 4) is 5.75 Å². The third-order valence-electron chi connectivity index (χ3n) is 4.70. The summed E-state index contributed by atoms with van der Waals surface area (Å²) < 4.78 is 5.40. The molecule has 1 aliphatic heterocycles. The summed E-state index contributed by atoms with van der Waals surface area (Å²) in [5.41, 5.74) is 10.1. The van der Waals surface area contributed by atoms with Crippen molar-refractivity contribution >= 4 is 28.4 Å². The Hall–Kier alpha value is -2.50. The molecule has 1 amide bonds. The van der Waals surface area contributed by atoms with Gasteiger partial charge in [-0.1, -0.05) is 23.7 Å². The molecule has 0 radical (unpaired) electrons. The molecule has 0 unspecified atom stereocenters. The molecule has 3 aromatic rings. The second kappa shape index (κ2) is 7.02. The normalized spacial score (nSPS) is 14.3. The lowest BCUT2D eigenvalue weighted by molar-refractivity contribution is -0.119. The summed E-state index contributed by atoms with van der Waals surface area (Å²) in [7, 11) is 0. The van der Waals surface area contributed by atoms with Gasteiger partial charge in [0, 0.05) is 47.7 Å². The molecule has 5 nitrogen and oxygen atoms in total. The summed E-state index contributed by atoms with van der Waals surface area (Å²) >= 11 is 6.18. The highest BCUT2D eigenvalue weighted by molar-refractivity contribution is 6.31. The quantitative estimate of drug-likeness (QED) is 0.725. The summed E-state index contributed by atoms with van der Waals surface area (Å²) in [5.74, 6) is 0.190. The maximum absolute atomic E-state index is 10.9. The van der Waals surface area contributed by atoms with Crippen LogP contribution >= 0.6 is 11.6 Å². The Kier molecular flexibility index (Phi) is 4.57. The summed E-state index contributed by atoms with van der Waals surface area (Å²) in [6.07, 6.45) is 0.986. The number of ether oxygens (including phenoxy) is 1. The third kappa shape index (κ3) is 3.54. The lowest BCUT2D eigenvalue weighted by atomic mass is 10.0.